The maximum absolute atomic E-state index is 13.0. The number of nitrogens with one attached hydrogen (secondary N) is 1. The van der Waals surface area contributed by atoms with Gasteiger partial charge in [-0.2, -0.15) is 0 Å². The van der Waals surface area contributed by atoms with Gasteiger partial charge in [0.05, 0.1) is 17.3 Å². The van der Waals surface area contributed by atoms with Gasteiger partial charge in [0.2, 0.25) is 5.91 Å². The van der Waals surface area contributed by atoms with E-state index in [0.29, 0.717) is 23.5 Å². The molecular formula is C26H28N4O2. The molecule has 164 valence electrons. The van der Waals surface area contributed by atoms with E-state index in [9.17, 15) is 9.59 Å². The number of likely N-dealkylation sites (tertiary alicyclic amines) is 1. The molecule has 6 nitrogen and oxygen atoms in total. The molecule has 0 radical (unpaired) electrons. The Kier molecular flexibility index (Phi) is 6.90. The minimum atomic E-state index is -0.236. The molecule has 0 bridgehead atoms. The van der Waals surface area contributed by atoms with E-state index >= 15 is 0 Å². The van der Waals surface area contributed by atoms with E-state index in [2.05, 4.69) is 15.3 Å². The van der Waals surface area contributed by atoms with E-state index in [0.717, 1.165) is 43.5 Å². The number of anilines is 1. The summed E-state index contributed by atoms with van der Waals surface area (Å²) in [6.07, 6.45) is 5.64. The molecule has 1 aliphatic heterocycles. The van der Waals surface area contributed by atoms with E-state index in [1.54, 1.807) is 6.20 Å². The Bertz CT molecular complexity index is 1070. The van der Waals surface area contributed by atoms with Crippen LogP contribution in [0.4, 0.5) is 5.69 Å². The first-order valence-corrected chi connectivity index (χ1v) is 11.1. The van der Waals surface area contributed by atoms with Crippen LogP contribution in [0, 0.1) is 6.92 Å². The Morgan fingerprint density at radius 1 is 1.03 bits per heavy atom. The third-order valence-corrected chi connectivity index (χ3v) is 5.87. The summed E-state index contributed by atoms with van der Waals surface area (Å²) < 4.78 is 0. The molecule has 1 aliphatic rings. The van der Waals surface area contributed by atoms with Gasteiger partial charge in [-0.3, -0.25) is 9.59 Å². The van der Waals surface area contributed by atoms with E-state index in [1.165, 1.54) is 0 Å². The van der Waals surface area contributed by atoms with Crippen molar-refractivity contribution < 1.29 is 9.59 Å². The van der Waals surface area contributed by atoms with Gasteiger partial charge >= 0.3 is 0 Å². The number of hydrogen-bond donors (Lipinski definition) is 1. The van der Waals surface area contributed by atoms with E-state index in [-0.39, 0.29) is 17.9 Å². The second kappa shape index (κ2) is 10.2. The van der Waals surface area contributed by atoms with Crippen molar-refractivity contribution in [1.29, 1.82) is 0 Å². The molecule has 0 spiro atoms. The fourth-order valence-corrected chi connectivity index (χ4v) is 4.13. The summed E-state index contributed by atoms with van der Waals surface area (Å²) in [5, 5.41) is 2.87. The van der Waals surface area contributed by atoms with Crippen molar-refractivity contribution in [1.82, 2.24) is 14.9 Å². The van der Waals surface area contributed by atoms with Crippen molar-refractivity contribution in [3.05, 3.63) is 89.5 Å². The van der Waals surface area contributed by atoms with Gasteiger partial charge in [0.15, 0.2) is 5.82 Å². The Morgan fingerprint density at radius 2 is 1.75 bits per heavy atom. The van der Waals surface area contributed by atoms with Crippen LogP contribution in [-0.2, 0) is 11.2 Å². The summed E-state index contributed by atoms with van der Waals surface area (Å²) in [7, 11) is 0. The highest BCUT2D eigenvalue weighted by Crippen LogP contribution is 2.30. The number of rotatable bonds is 6. The monoisotopic (exact) mass is 428 g/mol. The van der Waals surface area contributed by atoms with Crippen molar-refractivity contribution in [3.8, 4) is 0 Å². The first kappa shape index (κ1) is 21.7. The highest BCUT2D eigenvalue weighted by Gasteiger charge is 2.30. The summed E-state index contributed by atoms with van der Waals surface area (Å²) in [5.74, 6) is 0.511. The molecule has 1 aromatic heterocycles. The molecule has 1 N–H and O–H groups in total. The lowest BCUT2D eigenvalue weighted by Crippen LogP contribution is -2.39. The van der Waals surface area contributed by atoms with Crippen molar-refractivity contribution >= 4 is 17.5 Å². The maximum Gasteiger partial charge on any atom is 0.259 e. The third kappa shape index (κ3) is 5.19. The van der Waals surface area contributed by atoms with Gasteiger partial charge < -0.3 is 10.2 Å². The van der Waals surface area contributed by atoms with Crippen LogP contribution in [0.25, 0.3) is 0 Å². The van der Waals surface area contributed by atoms with Crippen LogP contribution in [0.1, 0.15) is 59.2 Å². The van der Waals surface area contributed by atoms with Crippen LogP contribution in [-0.4, -0.2) is 33.2 Å². The van der Waals surface area contributed by atoms with Gasteiger partial charge in [-0.05, 0) is 50.3 Å². The number of nitrogens with zero attached hydrogens (tertiary/aromatic N) is 3. The van der Waals surface area contributed by atoms with E-state index < -0.39 is 0 Å². The third-order valence-electron chi connectivity index (χ3n) is 5.87. The average molecular weight is 429 g/mol. The Morgan fingerprint density at radius 3 is 2.47 bits per heavy atom. The molecule has 0 unspecified atom stereocenters. The molecule has 4 rings (SSSR count). The predicted octanol–water partition coefficient (Wildman–Crippen LogP) is 4.72. The Labute approximate surface area is 188 Å². The molecule has 1 atom stereocenters. The molecule has 6 heteroatoms. The maximum atomic E-state index is 13.0. The molecular weight excluding hydrogens is 400 g/mol. The second-order valence-electron chi connectivity index (χ2n) is 8.13. The lowest BCUT2D eigenvalue weighted by molar-refractivity contribution is -0.135. The zero-order valence-corrected chi connectivity index (χ0v) is 18.3. The van der Waals surface area contributed by atoms with Crippen LogP contribution < -0.4 is 5.32 Å². The smallest absolute Gasteiger partial charge is 0.259 e. The van der Waals surface area contributed by atoms with Crippen molar-refractivity contribution in [2.45, 2.75) is 45.1 Å². The number of carbonyl (C=O) groups is 2. The van der Waals surface area contributed by atoms with Crippen LogP contribution in [0.15, 0.2) is 66.9 Å². The molecule has 2 aromatic carbocycles. The van der Waals surface area contributed by atoms with Crippen molar-refractivity contribution in [2.24, 2.45) is 0 Å². The van der Waals surface area contributed by atoms with Gasteiger partial charge in [0, 0.05) is 24.8 Å². The zero-order valence-electron chi connectivity index (χ0n) is 18.3. The number of benzene rings is 2. The minimum Gasteiger partial charge on any atom is -0.332 e. The Hall–Kier alpha value is -3.54. The molecule has 2 amide bonds. The number of hydrogen-bond acceptors (Lipinski definition) is 4. The standard InChI is InChI=1S/C26H28N4O2/c1-19-22(26(32)29-21-12-6-3-7-13-21)18-27-25(28-19)23-14-8-9-17-30(23)24(31)16-15-20-10-4-2-5-11-20/h2-7,10-13,18,23H,8-9,14-17H2,1H3,(H,29,32)/t23-/m1/s1. The summed E-state index contributed by atoms with van der Waals surface area (Å²) >= 11 is 0. The number of carbonyl (C=O) groups excluding carboxylic acids is 2. The minimum absolute atomic E-state index is 0.130. The molecule has 0 saturated carbocycles. The highest BCUT2D eigenvalue weighted by atomic mass is 16.2. The molecule has 0 aliphatic carbocycles. The summed E-state index contributed by atoms with van der Waals surface area (Å²) in [6.45, 7) is 2.53. The molecule has 3 aromatic rings. The largest absolute Gasteiger partial charge is 0.332 e. The van der Waals surface area contributed by atoms with Crippen LogP contribution in [0.3, 0.4) is 0 Å². The summed E-state index contributed by atoms with van der Waals surface area (Å²) in [5.41, 5.74) is 2.94. The zero-order chi connectivity index (χ0) is 22.3. The quantitative estimate of drug-likeness (QED) is 0.616. The van der Waals surface area contributed by atoms with Gasteiger partial charge in [-0.25, -0.2) is 9.97 Å². The van der Waals surface area contributed by atoms with E-state index in [4.69, 9.17) is 0 Å². The lowest BCUT2D eigenvalue weighted by Gasteiger charge is -2.35. The van der Waals surface area contributed by atoms with Crippen LogP contribution in [0.2, 0.25) is 0 Å². The molecule has 2 heterocycles. The SMILES string of the molecule is Cc1nc([C@H]2CCCCN2C(=O)CCc2ccccc2)ncc1C(=O)Nc1ccccc1. The lowest BCUT2D eigenvalue weighted by atomic mass is 9.99. The number of para-hydroxylation sites is 1. The van der Waals surface area contributed by atoms with Crippen molar-refractivity contribution in [3.63, 3.8) is 0 Å². The molecule has 32 heavy (non-hydrogen) atoms. The topological polar surface area (TPSA) is 75.2 Å². The predicted molar refractivity (Wildman–Crippen MR) is 124 cm³/mol. The van der Waals surface area contributed by atoms with Gasteiger partial charge in [0.1, 0.15) is 0 Å². The molecule has 1 fully saturated rings. The first-order chi connectivity index (χ1) is 15.6. The number of aryl methyl sites for hydroxylation is 2. The van der Waals surface area contributed by atoms with Gasteiger partial charge in [-0.1, -0.05) is 48.5 Å². The fraction of sp³-hybridized carbons (Fsp3) is 0.308. The second-order valence-corrected chi connectivity index (χ2v) is 8.13. The van der Waals surface area contributed by atoms with Gasteiger partial charge in [0.25, 0.3) is 5.91 Å². The number of aromatic nitrogens is 2. The Balaban J connectivity index is 1.46. The highest BCUT2D eigenvalue weighted by molar-refractivity contribution is 6.04. The van der Waals surface area contributed by atoms with Gasteiger partial charge in [-0.15, -0.1) is 0 Å². The fourth-order valence-electron chi connectivity index (χ4n) is 4.13. The summed E-state index contributed by atoms with van der Waals surface area (Å²) in [4.78, 5) is 36.8. The summed E-state index contributed by atoms with van der Waals surface area (Å²) in [6, 6.07) is 19.2. The normalized spacial score (nSPS) is 15.9. The first-order valence-electron chi connectivity index (χ1n) is 11.1. The van der Waals surface area contributed by atoms with E-state index in [1.807, 2.05) is 72.5 Å². The molecule has 1 saturated heterocycles. The number of amides is 2. The van der Waals surface area contributed by atoms with Crippen molar-refractivity contribution in [2.75, 3.05) is 11.9 Å². The van der Waals surface area contributed by atoms with Crippen LogP contribution in [0.5, 0.6) is 0 Å². The van der Waals surface area contributed by atoms with Crippen LogP contribution >= 0.6 is 0 Å². The number of piperidine rings is 1. The average Bonchev–Trinajstić information content (AvgIpc) is 2.83.